The van der Waals surface area contributed by atoms with Crippen LogP contribution < -0.4 is 5.73 Å². The lowest BCUT2D eigenvalue weighted by molar-refractivity contribution is 0.638. The zero-order chi connectivity index (χ0) is 8.97. The Kier molecular flexibility index (Phi) is 6.13. The van der Waals surface area contributed by atoms with E-state index >= 15 is 0 Å². The van der Waals surface area contributed by atoms with Crippen molar-refractivity contribution in [3.63, 3.8) is 0 Å². The minimum atomic E-state index is 0. The summed E-state index contributed by atoms with van der Waals surface area (Å²) in [5, 5.41) is 0.766. The summed E-state index contributed by atoms with van der Waals surface area (Å²) in [6.45, 7) is 2.13. The molecule has 74 valence electrons. The van der Waals surface area contributed by atoms with E-state index in [1.165, 1.54) is 5.56 Å². The van der Waals surface area contributed by atoms with E-state index in [2.05, 4.69) is 6.92 Å². The zero-order valence-corrected chi connectivity index (χ0v) is 9.24. The fraction of sp³-hybridized carbons (Fsp3) is 0.400. The molecule has 1 atom stereocenters. The molecule has 0 aliphatic carbocycles. The van der Waals surface area contributed by atoms with E-state index in [1.807, 2.05) is 24.3 Å². The summed E-state index contributed by atoms with van der Waals surface area (Å²) in [5.41, 5.74) is 7.08. The first-order valence-corrected chi connectivity index (χ1v) is 4.63. The Morgan fingerprint density at radius 1 is 1.31 bits per heavy atom. The number of hydrogen-bond donors (Lipinski definition) is 1. The lowest BCUT2D eigenvalue weighted by atomic mass is 10.0. The van der Waals surface area contributed by atoms with Crippen LogP contribution in [-0.4, -0.2) is 0 Å². The molecular weight excluding hydrogens is 205 g/mol. The zero-order valence-electron chi connectivity index (χ0n) is 7.66. The molecule has 0 aromatic heterocycles. The van der Waals surface area contributed by atoms with Gasteiger partial charge in [0.1, 0.15) is 0 Å². The van der Waals surface area contributed by atoms with E-state index in [-0.39, 0.29) is 18.4 Å². The highest BCUT2D eigenvalue weighted by Gasteiger charge is 2.02. The van der Waals surface area contributed by atoms with Crippen LogP contribution in [0.25, 0.3) is 0 Å². The van der Waals surface area contributed by atoms with Gasteiger partial charge in [0.25, 0.3) is 0 Å². The second-order valence-electron chi connectivity index (χ2n) is 2.95. The first-order valence-electron chi connectivity index (χ1n) is 4.25. The van der Waals surface area contributed by atoms with Gasteiger partial charge < -0.3 is 5.73 Å². The van der Waals surface area contributed by atoms with Crippen molar-refractivity contribution >= 4 is 24.0 Å². The smallest absolute Gasteiger partial charge is 0.0406 e. The van der Waals surface area contributed by atoms with Gasteiger partial charge in [-0.05, 0) is 24.1 Å². The lowest BCUT2D eigenvalue weighted by Crippen LogP contribution is -2.09. The van der Waals surface area contributed by atoms with Gasteiger partial charge in [-0.2, -0.15) is 0 Å². The van der Waals surface area contributed by atoms with E-state index in [0.717, 1.165) is 17.9 Å². The summed E-state index contributed by atoms with van der Waals surface area (Å²) >= 11 is 5.75. The van der Waals surface area contributed by atoms with Gasteiger partial charge >= 0.3 is 0 Å². The maximum Gasteiger partial charge on any atom is 0.0406 e. The maximum absolute atomic E-state index is 5.91. The summed E-state index contributed by atoms with van der Waals surface area (Å²) in [5.74, 6) is 0. The molecule has 0 aliphatic rings. The second-order valence-corrected chi connectivity index (χ2v) is 3.38. The van der Waals surface area contributed by atoms with Crippen LogP contribution in [0.1, 0.15) is 31.4 Å². The molecular formula is C10H15Cl2N. The van der Waals surface area contributed by atoms with Crippen molar-refractivity contribution in [3.8, 4) is 0 Å². The SMILES string of the molecule is CCC[C@@H](N)c1ccc(Cl)cc1.Cl. The van der Waals surface area contributed by atoms with Gasteiger partial charge in [-0.1, -0.05) is 37.1 Å². The van der Waals surface area contributed by atoms with Gasteiger partial charge in [0.2, 0.25) is 0 Å². The van der Waals surface area contributed by atoms with Crippen LogP contribution in [-0.2, 0) is 0 Å². The van der Waals surface area contributed by atoms with Gasteiger partial charge in [0, 0.05) is 11.1 Å². The molecule has 13 heavy (non-hydrogen) atoms. The van der Waals surface area contributed by atoms with E-state index < -0.39 is 0 Å². The molecule has 1 rings (SSSR count). The molecule has 0 heterocycles. The van der Waals surface area contributed by atoms with Crippen LogP contribution in [0.15, 0.2) is 24.3 Å². The van der Waals surface area contributed by atoms with Crippen molar-refractivity contribution < 1.29 is 0 Å². The Morgan fingerprint density at radius 3 is 2.31 bits per heavy atom. The van der Waals surface area contributed by atoms with Crippen LogP contribution in [0.2, 0.25) is 5.02 Å². The molecule has 2 N–H and O–H groups in total. The topological polar surface area (TPSA) is 26.0 Å². The number of halogens is 2. The van der Waals surface area contributed by atoms with E-state index in [1.54, 1.807) is 0 Å². The van der Waals surface area contributed by atoms with E-state index in [4.69, 9.17) is 17.3 Å². The second kappa shape index (κ2) is 6.25. The summed E-state index contributed by atoms with van der Waals surface area (Å²) in [6.07, 6.45) is 2.14. The molecule has 0 saturated heterocycles. The first kappa shape index (κ1) is 12.8. The average molecular weight is 220 g/mol. The molecule has 3 heteroatoms. The first-order chi connectivity index (χ1) is 5.74. The molecule has 0 amide bonds. The van der Waals surface area contributed by atoms with E-state index in [9.17, 15) is 0 Å². The van der Waals surface area contributed by atoms with Crippen molar-refractivity contribution in [2.45, 2.75) is 25.8 Å². The highest BCUT2D eigenvalue weighted by Crippen LogP contribution is 2.17. The highest BCUT2D eigenvalue weighted by atomic mass is 35.5. The average Bonchev–Trinajstić information content (AvgIpc) is 2.06. The van der Waals surface area contributed by atoms with Gasteiger partial charge in [0.05, 0.1) is 0 Å². The normalized spacial score (nSPS) is 11.9. The molecule has 0 bridgehead atoms. The van der Waals surface area contributed by atoms with Crippen LogP contribution in [0.3, 0.4) is 0 Å². The van der Waals surface area contributed by atoms with Crippen LogP contribution >= 0.6 is 24.0 Å². The molecule has 0 saturated carbocycles. The van der Waals surface area contributed by atoms with Crippen molar-refractivity contribution in [1.29, 1.82) is 0 Å². The Labute approximate surface area is 90.7 Å². The number of hydrogen-bond acceptors (Lipinski definition) is 1. The Hall–Kier alpha value is -0.240. The maximum atomic E-state index is 5.91. The molecule has 0 radical (unpaired) electrons. The molecule has 0 spiro atoms. The number of rotatable bonds is 3. The van der Waals surface area contributed by atoms with Crippen molar-refractivity contribution in [2.75, 3.05) is 0 Å². The fourth-order valence-electron chi connectivity index (χ4n) is 1.19. The third-order valence-corrected chi connectivity index (χ3v) is 2.15. The molecule has 0 fully saturated rings. The van der Waals surface area contributed by atoms with Gasteiger partial charge in [0.15, 0.2) is 0 Å². The molecule has 0 aliphatic heterocycles. The Bertz CT molecular complexity index is 233. The predicted molar refractivity (Wildman–Crippen MR) is 60.5 cm³/mol. The third kappa shape index (κ3) is 3.99. The number of benzene rings is 1. The summed E-state index contributed by atoms with van der Waals surface area (Å²) in [7, 11) is 0. The summed E-state index contributed by atoms with van der Waals surface area (Å²) in [6, 6.07) is 7.90. The quantitative estimate of drug-likeness (QED) is 0.827. The Balaban J connectivity index is 0.00000144. The van der Waals surface area contributed by atoms with Gasteiger partial charge in [-0.3, -0.25) is 0 Å². The van der Waals surface area contributed by atoms with Crippen LogP contribution in [0, 0.1) is 0 Å². The molecule has 0 unspecified atom stereocenters. The summed E-state index contributed by atoms with van der Waals surface area (Å²) in [4.78, 5) is 0. The van der Waals surface area contributed by atoms with Crippen LogP contribution in [0.5, 0.6) is 0 Å². The van der Waals surface area contributed by atoms with Crippen molar-refractivity contribution in [2.24, 2.45) is 5.73 Å². The molecule has 1 aromatic carbocycles. The van der Waals surface area contributed by atoms with Crippen molar-refractivity contribution in [1.82, 2.24) is 0 Å². The highest BCUT2D eigenvalue weighted by molar-refractivity contribution is 6.30. The standard InChI is InChI=1S/C10H14ClN.ClH/c1-2-3-10(12)8-4-6-9(11)7-5-8;/h4-7,10H,2-3,12H2,1H3;1H/t10-;/m1./s1. The van der Waals surface area contributed by atoms with Gasteiger partial charge in [-0.15, -0.1) is 12.4 Å². The van der Waals surface area contributed by atoms with Crippen molar-refractivity contribution in [3.05, 3.63) is 34.9 Å². The largest absolute Gasteiger partial charge is 0.324 e. The minimum absolute atomic E-state index is 0. The molecule has 1 aromatic rings. The third-order valence-electron chi connectivity index (χ3n) is 1.90. The Morgan fingerprint density at radius 2 is 1.85 bits per heavy atom. The fourth-order valence-corrected chi connectivity index (χ4v) is 1.31. The minimum Gasteiger partial charge on any atom is -0.324 e. The molecule has 1 nitrogen and oxygen atoms in total. The van der Waals surface area contributed by atoms with Gasteiger partial charge in [-0.25, -0.2) is 0 Å². The lowest BCUT2D eigenvalue weighted by Gasteiger charge is -2.09. The van der Waals surface area contributed by atoms with E-state index in [0.29, 0.717) is 0 Å². The monoisotopic (exact) mass is 219 g/mol. The predicted octanol–water partition coefficient (Wildman–Crippen LogP) is 3.56. The summed E-state index contributed by atoms with van der Waals surface area (Å²) < 4.78 is 0. The van der Waals surface area contributed by atoms with Crippen LogP contribution in [0.4, 0.5) is 0 Å². The number of nitrogens with two attached hydrogens (primary N) is 1.